The second kappa shape index (κ2) is 9.26. The molecule has 2 saturated heterocycles. The molecule has 1 aromatic carbocycles. The monoisotopic (exact) mass is 537 g/mol. The van der Waals surface area contributed by atoms with Crippen LogP contribution in [0.5, 0.6) is 0 Å². The number of nitrogens with one attached hydrogen (secondary N) is 1. The zero-order valence-electron chi connectivity index (χ0n) is 20.4. The van der Waals surface area contributed by atoms with Gasteiger partial charge in [-0.1, -0.05) is 12.1 Å². The van der Waals surface area contributed by atoms with Crippen molar-refractivity contribution in [2.24, 2.45) is 0 Å². The number of hydrogen-bond acceptors (Lipinski definition) is 7. The Morgan fingerprint density at radius 2 is 1.90 bits per heavy atom. The van der Waals surface area contributed by atoms with Gasteiger partial charge in [-0.3, -0.25) is 9.20 Å². The van der Waals surface area contributed by atoms with Gasteiger partial charge in [0.1, 0.15) is 35.3 Å². The summed E-state index contributed by atoms with van der Waals surface area (Å²) in [4.78, 5) is 39.5. The molecule has 0 aliphatic carbocycles. The summed E-state index contributed by atoms with van der Waals surface area (Å²) in [6.45, 7) is 0.882. The van der Waals surface area contributed by atoms with Crippen molar-refractivity contribution in [1.82, 2.24) is 24.3 Å². The van der Waals surface area contributed by atoms with Gasteiger partial charge in [-0.05, 0) is 37.1 Å². The van der Waals surface area contributed by atoms with Gasteiger partial charge in [0.05, 0.1) is 11.6 Å². The average molecular weight is 538 g/mol. The molecule has 2 unspecified atom stereocenters. The third-order valence-electron chi connectivity index (χ3n) is 7.06. The van der Waals surface area contributed by atoms with Gasteiger partial charge in [0.2, 0.25) is 0 Å². The highest BCUT2D eigenvalue weighted by Gasteiger charge is 2.40. The molecule has 4 aromatic rings. The molecule has 39 heavy (non-hydrogen) atoms. The lowest BCUT2D eigenvalue weighted by Gasteiger charge is -2.31. The van der Waals surface area contributed by atoms with Crippen molar-refractivity contribution < 1.29 is 27.5 Å². The number of nitrogens with zero attached hydrogens (tertiary/aromatic N) is 5. The van der Waals surface area contributed by atoms with Gasteiger partial charge in [-0.25, -0.2) is 19.7 Å². The number of halogens is 3. The molecule has 3 aromatic heterocycles. The van der Waals surface area contributed by atoms with Crippen LogP contribution in [-0.4, -0.2) is 55.4 Å². The second-order valence-electron chi connectivity index (χ2n) is 9.47. The van der Waals surface area contributed by atoms with E-state index in [-0.39, 0.29) is 35.3 Å². The van der Waals surface area contributed by atoms with Crippen molar-refractivity contribution >= 4 is 29.2 Å². The molecule has 2 amide bonds. The number of alkyl halides is 3. The number of carbonyl (C=O) groups excluding carboxylic acids is 2. The van der Waals surface area contributed by atoms with Crippen molar-refractivity contribution in [3.8, 4) is 11.3 Å². The maximum Gasteiger partial charge on any atom is 0.416 e. The number of fused-ring (bicyclic) bond motifs is 2. The first-order chi connectivity index (χ1) is 18.7. The standard InChI is InChI=1S/C26H22F3N7O3/c27-26(28,29)17-7-8-31-19(11-17)33-24(37)15-3-1-14(2-4-15)20-21-22(30)32-9-10-35(21)23(34-20)16-5-6-18-13-39-25(38)36(18)12-16/h1-4,7-11,16,18H,5-6,12-13H2,(H2,30,32)(H,31,33,37). The SMILES string of the molecule is Nc1nccn2c(C3CCC4COC(=O)N4C3)nc(-c3ccc(C(=O)Nc4cc(C(F)(F)F)ccn4)cc3)c12. The number of ether oxygens (including phenoxy) is 1. The fourth-order valence-electron chi connectivity index (χ4n) is 5.10. The lowest BCUT2D eigenvalue weighted by atomic mass is 9.93. The number of hydrogen-bond donors (Lipinski definition) is 2. The number of aromatic nitrogens is 4. The molecule has 6 rings (SSSR count). The predicted octanol–water partition coefficient (Wildman–Crippen LogP) is 4.34. The minimum Gasteiger partial charge on any atom is -0.447 e. The topological polar surface area (TPSA) is 128 Å². The van der Waals surface area contributed by atoms with Crippen molar-refractivity contribution in [2.45, 2.75) is 31.0 Å². The fraction of sp³-hybridized carbons (Fsp3) is 0.269. The molecule has 2 atom stereocenters. The van der Waals surface area contributed by atoms with E-state index in [1.807, 2.05) is 4.40 Å². The number of anilines is 2. The summed E-state index contributed by atoms with van der Waals surface area (Å²) in [5.41, 5.74) is 7.39. The molecular weight excluding hydrogens is 515 g/mol. The van der Waals surface area contributed by atoms with E-state index >= 15 is 0 Å². The maximum absolute atomic E-state index is 13.0. The molecule has 0 saturated carbocycles. The first-order valence-corrected chi connectivity index (χ1v) is 12.2. The number of imidazole rings is 1. The number of pyridine rings is 1. The summed E-state index contributed by atoms with van der Waals surface area (Å²) in [6, 6.07) is 8.13. The first-order valence-electron chi connectivity index (χ1n) is 12.2. The summed E-state index contributed by atoms with van der Waals surface area (Å²) in [7, 11) is 0. The normalized spacial score (nSPS) is 19.2. The average Bonchev–Trinajstić information content (AvgIpc) is 3.50. The van der Waals surface area contributed by atoms with Crippen LogP contribution in [0, 0.1) is 0 Å². The first kappa shape index (κ1) is 24.6. The molecule has 2 fully saturated rings. The van der Waals surface area contributed by atoms with E-state index in [1.165, 1.54) is 0 Å². The number of amides is 2. The Kier molecular flexibility index (Phi) is 5.85. The number of piperidine rings is 1. The zero-order chi connectivity index (χ0) is 27.3. The molecule has 0 bridgehead atoms. The van der Waals surface area contributed by atoms with Crippen molar-refractivity contribution in [2.75, 3.05) is 24.2 Å². The third-order valence-corrected chi connectivity index (χ3v) is 7.06. The smallest absolute Gasteiger partial charge is 0.416 e. The second-order valence-corrected chi connectivity index (χ2v) is 9.47. The number of cyclic esters (lactones) is 1. The van der Waals surface area contributed by atoms with E-state index in [1.54, 1.807) is 41.6 Å². The number of rotatable bonds is 4. The van der Waals surface area contributed by atoms with Crippen LogP contribution < -0.4 is 11.1 Å². The van der Waals surface area contributed by atoms with Gasteiger partial charge in [0, 0.05) is 42.2 Å². The van der Waals surface area contributed by atoms with Crippen LogP contribution in [0.15, 0.2) is 55.0 Å². The van der Waals surface area contributed by atoms with Crippen molar-refractivity contribution in [1.29, 1.82) is 0 Å². The molecule has 0 spiro atoms. The molecule has 10 nitrogen and oxygen atoms in total. The molecule has 0 radical (unpaired) electrons. The highest BCUT2D eigenvalue weighted by atomic mass is 19.4. The maximum atomic E-state index is 13.0. The van der Waals surface area contributed by atoms with Crippen molar-refractivity contribution in [3.05, 3.63) is 71.9 Å². The molecule has 200 valence electrons. The van der Waals surface area contributed by atoms with E-state index < -0.39 is 17.6 Å². The number of carbonyl (C=O) groups is 2. The van der Waals surface area contributed by atoms with Crippen LogP contribution in [0.3, 0.4) is 0 Å². The van der Waals surface area contributed by atoms with Crippen LogP contribution in [0.4, 0.5) is 29.6 Å². The van der Waals surface area contributed by atoms with Gasteiger partial charge in [-0.2, -0.15) is 13.2 Å². The molecule has 2 aliphatic heterocycles. The molecule has 5 heterocycles. The van der Waals surface area contributed by atoms with Crippen LogP contribution in [0.2, 0.25) is 0 Å². The largest absolute Gasteiger partial charge is 0.447 e. The summed E-state index contributed by atoms with van der Waals surface area (Å²) >= 11 is 0. The van der Waals surface area contributed by atoms with Crippen molar-refractivity contribution in [3.63, 3.8) is 0 Å². The van der Waals surface area contributed by atoms with Gasteiger partial charge in [0.15, 0.2) is 0 Å². The Bertz CT molecular complexity index is 1590. The Hall–Kier alpha value is -4.68. The number of benzene rings is 1. The summed E-state index contributed by atoms with van der Waals surface area (Å²) < 4.78 is 46.0. The Labute approximate surface area is 219 Å². The minimum atomic E-state index is -4.55. The van der Waals surface area contributed by atoms with Crippen LogP contribution in [0.25, 0.3) is 16.8 Å². The minimum absolute atomic E-state index is 0.0417. The molecule has 3 N–H and O–H groups in total. The van der Waals surface area contributed by atoms with Gasteiger partial charge >= 0.3 is 12.3 Å². The lowest BCUT2D eigenvalue weighted by Crippen LogP contribution is -2.41. The summed E-state index contributed by atoms with van der Waals surface area (Å²) in [6.07, 6.45) is 1.09. The highest BCUT2D eigenvalue weighted by Crippen LogP contribution is 2.37. The fourth-order valence-corrected chi connectivity index (χ4v) is 5.10. The zero-order valence-corrected chi connectivity index (χ0v) is 20.4. The van der Waals surface area contributed by atoms with E-state index in [4.69, 9.17) is 15.5 Å². The van der Waals surface area contributed by atoms with Crippen LogP contribution in [0.1, 0.15) is 40.5 Å². The lowest BCUT2D eigenvalue weighted by molar-refractivity contribution is -0.137. The van der Waals surface area contributed by atoms with E-state index in [0.717, 1.165) is 37.0 Å². The molecule has 13 heteroatoms. The quantitative estimate of drug-likeness (QED) is 0.396. The van der Waals surface area contributed by atoms with Crippen LogP contribution >= 0.6 is 0 Å². The third kappa shape index (κ3) is 4.49. The molecular formula is C26H22F3N7O3. The predicted molar refractivity (Wildman–Crippen MR) is 134 cm³/mol. The van der Waals surface area contributed by atoms with E-state index in [9.17, 15) is 22.8 Å². The summed E-state index contributed by atoms with van der Waals surface area (Å²) in [5, 5.41) is 2.40. The Balaban J connectivity index is 1.28. The number of nitrogen functional groups attached to an aromatic ring is 1. The van der Waals surface area contributed by atoms with Gasteiger partial charge in [-0.15, -0.1) is 0 Å². The summed E-state index contributed by atoms with van der Waals surface area (Å²) in [5.74, 6) is 0.154. The van der Waals surface area contributed by atoms with Crippen LogP contribution in [-0.2, 0) is 10.9 Å². The van der Waals surface area contributed by atoms with Gasteiger partial charge < -0.3 is 20.7 Å². The molecule has 2 aliphatic rings. The van der Waals surface area contributed by atoms with E-state index in [2.05, 4.69) is 15.3 Å². The Morgan fingerprint density at radius 1 is 1.10 bits per heavy atom. The number of nitrogens with two attached hydrogens (primary N) is 1. The van der Waals surface area contributed by atoms with E-state index in [0.29, 0.717) is 29.9 Å². The van der Waals surface area contributed by atoms with Gasteiger partial charge in [0.25, 0.3) is 5.91 Å². The highest BCUT2D eigenvalue weighted by molar-refractivity contribution is 6.04. The Morgan fingerprint density at radius 3 is 2.67 bits per heavy atom.